The number of hydrogen-bond donors (Lipinski definition) is 2. The van der Waals surface area contributed by atoms with Crippen LogP contribution in [0.3, 0.4) is 0 Å². The number of hydrogen-bond acceptors (Lipinski definition) is 5. The van der Waals surface area contributed by atoms with Gasteiger partial charge in [0.1, 0.15) is 17.9 Å². The molecule has 2 rings (SSSR count). The number of carbonyl (C=O) groups is 4. The zero-order chi connectivity index (χ0) is 20.2. The molecule has 4 amide bonds. The van der Waals surface area contributed by atoms with Gasteiger partial charge < -0.3 is 15.4 Å². The highest BCUT2D eigenvalue weighted by molar-refractivity contribution is 6.08. The normalized spacial score (nSPS) is 15.5. The van der Waals surface area contributed by atoms with Gasteiger partial charge in [-0.15, -0.1) is 0 Å². The van der Waals surface area contributed by atoms with Gasteiger partial charge in [-0.25, -0.2) is 9.18 Å². The van der Waals surface area contributed by atoms with E-state index < -0.39 is 48.3 Å². The summed E-state index contributed by atoms with van der Waals surface area (Å²) in [4.78, 5) is 49.0. The summed E-state index contributed by atoms with van der Waals surface area (Å²) in [5.41, 5.74) is -0.101. The number of aryl methyl sites for hydroxylation is 1. The van der Waals surface area contributed by atoms with E-state index in [1.54, 1.807) is 20.8 Å². The molecule has 146 valence electrons. The number of rotatable bonds is 7. The largest absolute Gasteiger partial charge is 0.454 e. The molecule has 2 N–H and O–H groups in total. The Morgan fingerprint density at radius 1 is 1.26 bits per heavy atom. The highest BCUT2D eigenvalue weighted by atomic mass is 19.1. The van der Waals surface area contributed by atoms with Gasteiger partial charge in [0.25, 0.3) is 11.8 Å². The Labute approximate surface area is 156 Å². The standard InChI is InChI=1S/C18H22FN3O5/c1-4-18(5-2)16(25)22(17(26)21-18)9-15(24)27-10-14(23)20-13-8-12(19)7-6-11(13)3/h6-8H,4-5,9-10H2,1-3H3,(H,20,23)(H,21,26). The molecular weight excluding hydrogens is 357 g/mol. The zero-order valence-electron chi connectivity index (χ0n) is 15.4. The second-order valence-electron chi connectivity index (χ2n) is 6.28. The van der Waals surface area contributed by atoms with E-state index in [0.29, 0.717) is 18.4 Å². The van der Waals surface area contributed by atoms with E-state index in [2.05, 4.69) is 10.6 Å². The predicted octanol–water partition coefficient (Wildman–Crippen LogP) is 1.73. The van der Waals surface area contributed by atoms with E-state index in [1.807, 2.05) is 0 Å². The Morgan fingerprint density at radius 3 is 2.52 bits per heavy atom. The average Bonchev–Trinajstić information content (AvgIpc) is 2.87. The van der Waals surface area contributed by atoms with Crippen molar-refractivity contribution in [3.63, 3.8) is 0 Å². The Kier molecular flexibility index (Phi) is 6.14. The van der Waals surface area contributed by atoms with Crippen LogP contribution in [0.25, 0.3) is 0 Å². The molecule has 0 atom stereocenters. The molecule has 1 aliphatic heterocycles. The maximum atomic E-state index is 13.2. The average molecular weight is 379 g/mol. The monoisotopic (exact) mass is 379 g/mol. The van der Waals surface area contributed by atoms with Crippen LogP contribution in [0.15, 0.2) is 18.2 Å². The van der Waals surface area contributed by atoms with Crippen LogP contribution >= 0.6 is 0 Å². The van der Waals surface area contributed by atoms with Crippen molar-refractivity contribution in [1.29, 1.82) is 0 Å². The first kappa shape index (κ1) is 20.3. The van der Waals surface area contributed by atoms with Crippen molar-refractivity contribution in [2.45, 2.75) is 39.2 Å². The minimum Gasteiger partial charge on any atom is -0.454 e. The molecule has 1 heterocycles. The van der Waals surface area contributed by atoms with Gasteiger partial charge in [-0.2, -0.15) is 0 Å². The summed E-state index contributed by atoms with van der Waals surface area (Å²) >= 11 is 0. The van der Waals surface area contributed by atoms with Gasteiger partial charge >= 0.3 is 12.0 Å². The second-order valence-corrected chi connectivity index (χ2v) is 6.28. The van der Waals surface area contributed by atoms with Crippen molar-refractivity contribution in [3.05, 3.63) is 29.6 Å². The fraction of sp³-hybridized carbons (Fsp3) is 0.444. The van der Waals surface area contributed by atoms with Gasteiger partial charge in [-0.1, -0.05) is 19.9 Å². The molecule has 0 unspecified atom stereocenters. The van der Waals surface area contributed by atoms with Crippen molar-refractivity contribution in [2.24, 2.45) is 0 Å². The quantitative estimate of drug-likeness (QED) is 0.554. The summed E-state index contributed by atoms with van der Waals surface area (Å²) in [7, 11) is 0. The third-order valence-electron chi connectivity index (χ3n) is 4.58. The number of amides is 4. The smallest absolute Gasteiger partial charge is 0.326 e. The van der Waals surface area contributed by atoms with Crippen LogP contribution in [0.4, 0.5) is 14.9 Å². The summed E-state index contributed by atoms with van der Waals surface area (Å²) in [6.45, 7) is 4.01. The maximum Gasteiger partial charge on any atom is 0.326 e. The lowest BCUT2D eigenvalue weighted by Crippen LogP contribution is -2.46. The molecule has 0 aliphatic carbocycles. The van der Waals surface area contributed by atoms with E-state index in [4.69, 9.17) is 4.74 Å². The van der Waals surface area contributed by atoms with Gasteiger partial charge in [-0.3, -0.25) is 19.3 Å². The first-order valence-electron chi connectivity index (χ1n) is 8.58. The number of imide groups is 1. The number of nitrogens with one attached hydrogen (secondary N) is 2. The molecule has 1 fully saturated rings. The Morgan fingerprint density at radius 2 is 1.93 bits per heavy atom. The molecule has 1 saturated heterocycles. The molecule has 0 aromatic heterocycles. The van der Waals surface area contributed by atoms with Crippen molar-refractivity contribution in [1.82, 2.24) is 10.2 Å². The SMILES string of the molecule is CCC1(CC)NC(=O)N(CC(=O)OCC(=O)Nc2cc(F)ccc2C)C1=O. The van der Waals surface area contributed by atoms with Crippen LogP contribution in [-0.4, -0.2) is 47.4 Å². The molecule has 0 saturated carbocycles. The zero-order valence-corrected chi connectivity index (χ0v) is 15.4. The topological polar surface area (TPSA) is 105 Å². The number of ether oxygens (including phenoxy) is 1. The lowest BCUT2D eigenvalue weighted by atomic mass is 9.93. The van der Waals surface area contributed by atoms with Gasteiger partial charge in [0.15, 0.2) is 6.61 Å². The molecule has 0 spiro atoms. The van der Waals surface area contributed by atoms with Gasteiger partial charge in [0.2, 0.25) is 0 Å². The van der Waals surface area contributed by atoms with Crippen LogP contribution in [0.1, 0.15) is 32.3 Å². The number of benzene rings is 1. The molecule has 8 nitrogen and oxygen atoms in total. The molecular formula is C18H22FN3O5. The molecule has 1 aromatic rings. The molecule has 1 aliphatic rings. The van der Waals surface area contributed by atoms with E-state index in [-0.39, 0.29) is 5.69 Å². The number of nitrogens with zero attached hydrogens (tertiary/aromatic N) is 1. The van der Waals surface area contributed by atoms with Gasteiger partial charge in [0.05, 0.1) is 0 Å². The maximum absolute atomic E-state index is 13.2. The van der Waals surface area contributed by atoms with Crippen LogP contribution in [0, 0.1) is 12.7 Å². The highest BCUT2D eigenvalue weighted by Gasteiger charge is 2.49. The van der Waals surface area contributed by atoms with E-state index in [9.17, 15) is 23.6 Å². The summed E-state index contributed by atoms with van der Waals surface area (Å²) in [6, 6.07) is 3.25. The van der Waals surface area contributed by atoms with Crippen LogP contribution < -0.4 is 10.6 Å². The fourth-order valence-corrected chi connectivity index (χ4v) is 2.79. The summed E-state index contributed by atoms with van der Waals surface area (Å²) in [5.74, 6) is -2.56. The Hall–Kier alpha value is -2.97. The van der Waals surface area contributed by atoms with E-state index >= 15 is 0 Å². The number of urea groups is 1. The second kappa shape index (κ2) is 8.15. The molecule has 27 heavy (non-hydrogen) atoms. The predicted molar refractivity (Wildman–Crippen MR) is 94.3 cm³/mol. The fourth-order valence-electron chi connectivity index (χ4n) is 2.79. The number of carbonyl (C=O) groups excluding carboxylic acids is 4. The lowest BCUT2D eigenvalue weighted by Gasteiger charge is -2.22. The number of esters is 1. The molecule has 9 heteroatoms. The summed E-state index contributed by atoms with van der Waals surface area (Å²) in [5, 5.41) is 5.03. The molecule has 1 aromatic carbocycles. The van der Waals surface area contributed by atoms with Crippen molar-refractivity contribution < 1.29 is 28.3 Å². The van der Waals surface area contributed by atoms with Crippen LogP contribution in [0.2, 0.25) is 0 Å². The van der Waals surface area contributed by atoms with E-state index in [0.717, 1.165) is 11.0 Å². The van der Waals surface area contributed by atoms with Crippen molar-refractivity contribution in [2.75, 3.05) is 18.5 Å². The van der Waals surface area contributed by atoms with Crippen LogP contribution in [0.5, 0.6) is 0 Å². The number of anilines is 1. The Balaban J connectivity index is 1.89. The Bertz CT molecular complexity index is 776. The first-order valence-corrected chi connectivity index (χ1v) is 8.58. The third-order valence-corrected chi connectivity index (χ3v) is 4.58. The van der Waals surface area contributed by atoms with E-state index in [1.165, 1.54) is 12.1 Å². The van der Waals surface area contributed by atoms with Gasteiger partial charge in [-0.05, 0) is 37.5 Å². The minimum atomic E-state index is -1.01. The highest BCUT2D eigenvalue weighted by Crippen LogP contribution is 2.24. The lowest BCUT2D eigenvalue weighted by molar-refractivity contribution is -0.150. The van der Waals surface area contributed by atoms with Crippen LogP contribution in [-0.2, 0) is 19.1 Å². The van der Waals surface area contributed by atoms with Crippen molar-refractivity contribution >= 4 is 29.5 Å². The van der Waals surface area contributed by atoms with Gasteiger partial charge in [0, 0.05) is 5.69 Å². The summed E-state index contributed by atoms with van der Waals surface area (Å²) in [6.07, 6.45) is 0.796. The minimum absolute atomic E-state index is 0.265. The third kappa shape index (κ3) is 4.42. The number of halogens is 1. The molecule has 0 radical (unpaired) electrons. The first-order chi connectivity index (χ1) is 12.7. The summed E-state index contributed by atoms with van der Waals surface area (Å²) < 4.78 is 18.0. The molecule has 0 bridgehead atoms. The van der Waals surface area contributed by atoms with Crippen molar-refractivity contribution in [3.8, 4) is 0 Å².